The molecule has 0 aliphatic rings. The van der Waals surface area contributed by atoms with E-state index >= 15 is 0 Å². The Kier molecular flexibility index (Phi) is 5.95. The molecule has 0 radical (unpaired) electrons. The third-order valence-corrected chi connectivity index (χ3v) is 4.98. The second kappa shape index (κ2) is 8.97. The van der Waals surface area contributed by atoms with Gasteiger partial charge in [0.25, 0.3) is 5.91 Å². The van der Waals surface area contributed by atoms with E-state index in [1.807, 2.05) is 50.5 Å². The maximum Gasteiger partial charge on any atom is 0.261 e. The second-order valence-electron chi connectivity index (χ2n) is 7.54. The Bertz CT molecular complexity index is 1160. The first-order valence-electron chi connectivity index (χ1n) is 10.0. The molecule has 0 bridgehead atoms. The van der Waals surface area contributed by atoms with Gasteiger partial charge in [0.15, 0.2) is 5.82 Å². The standard InChI is InChI=1S/C24H24FN5O/c1-28(2)16-13-18-9-11-19(12-10-18)27-23(31)20-17-26-30(22-8-4-3-7-21(22)25)24(20)29-14-5-6-15-29/h3-12,14-15,17H,13,16H2,1-2H3,(H,27,31). The van der Waals surface area contributed by atoms with E-state index in [4.69, 9.17) is 0 Å². The summed E-state index contributed by atoms with van der Waals surface area (Å²) in [5, 5.41) is 7.23. The van der Waals surface area contributed by atoms with Gasteiger partial charge in [0.05, 0.1) is 6.20 Å². The fourth-order valence-electron chi connectivity index (χ4n) is 3.33. The van der Waals surface area contributed by atoms with E-state index in [2.05, 4.69) is 15.3 Å². The molecule has 0 atom stereocenters. The van der Waals surface area contributed by atoms with Gasteiger partial charge in [-0.15, -0.1) is 0 Å². The zero-order valence-electron chi connectivity index (χ0n) is 17.5. The Hall–Kier alpha value is -3.71. The van der Waals surface area contributed by atoms with Gasteiger partial charge in [-0.05, 0) is 62.5 Å². The minimum atomic E-state index is -0.417. The summed E-state index contributed by atoms with van der Waals surface area (Å²) in [7, 11) is 4.08. The number of carbonyl (C=O) groups excluding carboxylic acids is 1. The molecule has 1 N–H and O–H groups in total. The smallest absolute Gasteiger partial charge is 0.261 e. The van der Waals surface area contributed by atoms with Crippen molar-refractivity contribution in [3.05, 3.63) is 96.2 Å². The van der Waals surface area contributed by atoms with Crippen LogP contribution in [0.3, 0.4) is 0 Å². The number of carbonyl (C=O) groups is 1. The number of rotatable bonds is 7. The molecule has 0 spiro atoms. The largest absolute Gasteiger partial charge is 0.322 e. The van der Waals surface area contributed by atoms with Crippen molar-refractivity contribution in [2.45, 2.75) is 6.42 Å². The molecule has 0 aliphatic carbocycles. The highest BCUT2D eigenvalue weighted by Gasteiger charge is 2.21. The highest BCUT2D eigenvalue weighted by molar-refractivity contribution is 6.06. The van der Waals surface area contributed by atoms with Crippen LogP contribution in [0.5, 0.6) is 0 Å². The minimum absolute atomic E-state index is 0.274. The van der Waals surface area contributed by atoms with Crippen LogP contribution in [-0.2, 0) is 6.42 Å². The van der Waals surface area contributed by atoms with Crippen molar-refractivity contribution in [1.29, 1.82) is 0 Å². The lowest BCUT2D eigenvalue weighted by molar-refractivity contribution is 0.102. The Morgan fingerprint density at radius 1 is 1.03 bits per heavy atom. The number of hydrogen-bond acceptors (Lipinski definition) is 3. The van der Waals surface area contributed by atoms with Crippen LogP contribution in [0.4, 0.5) is 10.1 Å². The summed E-state index contributed by atoms with van der Waals surface area (Å²) in [4.78, 5) is 15.2. The van der Waals surface area contributed by atoms with Crippen LogP contribution < -0.4 is 5.32 Å². The van der Waals surface area contributed by atoms with Gasteiger partial charge in [-0.2, -0.15) is 5.10 Å². The number of amides is 1. The summed E-state index contributed by atoms with van der Waals surface area (Å²) < 4.78 is 17.6. The van der Waals surface area contributed by atoms with Gasteiger partial charge in [0, 0.05) is 24.6 Å². The van der Waals surface area contributed by atoms with Crippen molar-refractivity contribution in [2.75, 3.05) is 26.0 Å². The van der Waals surface area contributed by atoms with Crippen LogP contribution in [0.25, 0.3) is 11.5 Å². The Morgan fingerprint density at radius 3 is 2.42 bits per heavy atom. The molecule has 2 aromatic heterocycles. The van der Waals surface area contributed by atoms with Gasteiger partial charge in [0.2, 0.25) is 0 Å². The van der Waals surface area contributed by atoms with Crippen LogP contribution in [0.15, 0.2) is 79.3 Å². The summed E-state index contributed by atoms with van der Waals surface area (Å²) in [6.45, 7) is 0.959. The molecule has 0 saturated heterocycles. The van der Waals surface area contributed by atoms with Crippen molar-refractivity contribution in [1.82, 2.24) is 19.2 Å². The van der Waals surface area contributed by atoms with Crippen molar-refractivity contribution in [3.8, 4) is 11.5 Å². The molecule has 4 rings (SSSR count). The average molecular weight is 417 g/mol. The molecule has 31 heavy (non-hydrogen) atoms. The fourth-order valence-corrected chi connectivity index (χ4v) is 3.33. The Balaban J connectivity index is 1.62. The summed E-state index contributed by atoms with van der Waals surface area (Å²) in [6, 6.07) is 17.8. The molecule has 158 valence electrons. The highest BCUT2D eigenvalue weighted by Crippen LogP contribution is 2.23. The Labute approximate surface area is 180 Å². The van der Waals surface area contributed by atoms with E-state index in [0.717, 1.165) is 13.0 Å². The van der Waals surface area contributed by atoms with Crippen LogP contribution in [0.2, 0.25) is 0 Å². The van der Waals surface area contributed by atoms with E-state index in [0.29, 0.717) is 17.1 Å². The van der Waals surface area contributed by atoms with Gasteiger partial charge < -0.3 is 14.8 Å². The first-order chi connectivity index (χ1) is 15.0. The minimum Gasteiger partial charge on any atom is -0.322 e. The third kappa shape index (κ3) is 4.57. The van der Waals surface area contributed by atoms with E-state index in [1.165, 1.54) is 22.5 Å². The monoisotopic (exact) mass is 417 g/mol. The van der Waals surface area contributed by atoms with Gasteiger partial charge >= 0.3 is 0 Å². The average Bonchev–Trinajstić information content (AvgIpc) is 3.43. The number of aromatic nitrogens is 3. The number of nitrogens with zero attached hydrogens (tertiary/aromatic N) is 4. The number of anilines is 1. The van der Waals surface area contributed by atoms with Crippen molar-refractivity contribution in [3.63, 3.8) is 0 Å². The molecular weight excluding hydrogens is 393 g/mol. The van der Waals surface area contributed by atoms with Crippen LogP contribution in [0, 0.1) is 5.82 Å². The third-order valence-electron chi connectivity index (χ3n) is 4.98. The SMILES string of the molecule is CN(C)CCc1ccc(NC(=O)c2cnn(-c3ccccc3F)c2-n2cccc2)cc1. The van der Waals surface area contributed by atoms with Crippen LogP contribution in [0.1, 0.15) is 15.9 Å². The second-order valence-corrected chi connectivity index (χ2v) is 7.54. The number of nitrogens with one attached hydrogen (secondary N) is 1. The van der Waals surface area contributed by atoms with Crippen molar-refractivity contribution >= 4 is 11.6 Å². The molecule has 7 heteroatoms. The van der Waals surface area contributed by atoms with Crippen molar-refractivity contribution < 1.29 is 9.18 Å². The molecule has 2 heterocycles. The molecule has 2 aromatic carbocycles. The number of halogens is 1. The molecule has 0 saturated carbocycles. The number of benzene rings is 2. The molecular formula is C24H24FN5O. The number of para-hydroxylation sites is 1. The topological polar surface area (TPSA) is 55.1 Å². The molecule has 6 nitrogen and oxygen atoms in total. The zero-order valence-corrected chi connectivity index (χ0v) is 17.5. The molecule has 0 aliphatic heterocycles. The van der Waals surface area contributed by atoms with E-state index in [1.54, 1.807) is 35.2 Å². The first kappa shape index (κ1) is 20.6. The maximum atomic E-state index is 14.4. The molecule has 4 aromatic rings. The number of likely N-dealkylation sites (N-methyl/N-ethyl adjacent to an activating group) is 1. The summed E-state index contributed by atoms with van der Waals surface area (Å²) in [5.41, 5.74) is 2.51. The quantitative estimate of drug-likeness (QED) is 0.491. The van der Waals surface area contributed by atoms with Crippen LogP contribution >= 0.6 is 0 Å². The lowest BCUT2D eigenvalue weighted by atomic mass is 10.1. The van der Waals surface area contributed by atoms with Crippen LogP contribution in [-0.4, -0.2) is 45.8 Å². The summed E-state index contributed by atoms with van der Waals surface area (Å²) in [6.07, 6.45) is 5.99. The summed E-state index contributed by atoms with van der Waals surface area (Å²) >= 11 is 0. The fraction of sp³-hybridized carbons (Fsp3) is 0.167. The predicted molar refractivity (Wildman–Crippen MR) is 120 cm³/mol. The first-order valence-corrected chi connectivity index (χ1v) is 10.0. The van der Waals surface area contributed by atoms with Gasteiger partial charge in [-0.25, -0.2) is 9.07 Å². The van der Waals surface area contributed by atoms with Gasteiger partial charge in [0.1, 0.15) is 17.1 Å². The summed E-state index contributed by atoms with van der Waals surface area (Å²) in [5.74, 6) is -0.262. The predicted octanol–water partition coefficient (Wildman–Crippen LogP) is 4.16. The van der Waals surface area contributed by atoms with E-state index in [-0.39, 0.29) is 11.6 Å². The Morgan fingerprint density at radius 2 is 1.74 bits per heavy atom. The molecule has 0 fully saturated rings. The maximum absolute atomic E-state index is 14.4. The van der Waals surface area contributed by atoms with Crippen molar-refractivity contribution in [2.24, 2.45) is 0 Å². The van der Waals surface area contributed by atoms with Gasteiger partial charge in [-0.1, -0.05) is 24.3 Å². The van der Waals surface area contributed by atoms with E-state index < -0.39 is 5.82 Å². The zero-order chi connectivity index (χ0) is 21.8. The van der Waals surface area contributed by atoms with E-state index in [9.17, 15) is 9.18 Å². The van der Waals surface area contributed by atoms with Gasteiger partial charge in [-0.3, -0.25) is 4.79 Å². The molecule has 1 amide bonds. The highest BCUT2D eigenvalue weighted by atomic mass is 19.1. The lowest BCUT2D eigenvalue weighted by Crippen LogP contribution is -2.16. The number of hydrogen-bond donors (Lipinski definition) is 1. The molecule has 0 unspecified atom stereocenters. The normalized spacial score (nSPS) is 11.1. The lowest BCUT2D eigenvalue weighted by Gasteiger charge is -2.12.